The van der Waals surface area contributed by atoms with Gasteiger partial charge in [0.25, 0.3) is 0 Å². The predicted molar refractivity (Wildman–Crippen MR) is 87.7 cm³/mol. The van der Waals surface area contributed by atoms with Crippen LogP contribution in [0, 0.1) is 6.92 Å². The summed E-state index contributed by atoms with van der Waals surface area (Å²) < 4.78 is 0. The first-order chi connectivity index (χ1) is 10.6. The number of hydrogen-bond acceptors (Lipinski definition) is 3. The number of carbonyl (C=O) groups excluding carboxylic acids is 2. The maximum absolute atomic E-state index is 11.8. The number of amides is 2. The highest BCUT2D eigenvalue weighted by Gasteiger charge is 2.18. The summed E-state index contributed by atoms with van der Waals surface area (Å²) in [7, 11) is 0. The molecular formula is C17H25N3O2. The molecule has 1 saturated heterocycles. The minimum absolute atomic E-state index is 0.504. The highest BCUT2D eigenvalue weighted by atomic mass is 16.2. The molecule has 0 spiro atoms. The van der Waals surface area contributed by atoms with E-state index in [1.165, 1.54) is 19.3 Å². The van der Waals surface area contributed by atoms with Crippen molar-refractivity contribution in [3.8, 4) is 0 Å². The topological polar surface area (TPSA) is 61.4 Å². The highest BCUT2D eigenvalue weighted by molar-refractivity contribution is 6.39. The van der Waals surface area contributed by atoms with Crippen molar-refractivity contribution in [1.82, 2.24) is 10.2 Å². The zero-order valence-electron chi connectivity index (χ0n) is 13.4. The Morgan fingerprint density at radius 2 is 1.91 bits per heavy atom. The van der Waals surface area contributed by atoms with Crippen molar-refractivity contribution in [3.63, 3.8) is 0 Å². The van der Waals surface area contributed by atoms with Crippen molar-refractivity contribution in [2.75, 3.05) is 25.0 Å². The van der Waals surface area contributed by atoms with Crippen LogP contribution in [-0.4, -0.2) is 42.4 Å². The lowest BCUT2D eigenvalue weighted by Gasteiger charge is -2.33. The van der Waals surface area contributed by atoms with E-state index in [4.69, 9.17) is 0 Å². The van der Waals surface area contributed by atoms with Crippen LogP contribution in [0.3, 0.4) is 0 Å². The summed E-state index contributed by atoms with van der Waals surface area (Å²) in [4.78, 5) is 26.0. The van der Waals surface area contributed by atoms with Gasteiger partial charge in [-0.15, -0.1) is 0 Å². The number of nitrogens with zero attached hydrogens (tertiary/aromatic N) is 1. The van der Waals surface area contributed by atoms with Crippen LogP contribution in [-0.2, 0) is 9.59 Å². The van der Waals surface area contributed by atoms with Gasteiger partial charge in [-0.2, -0.15) is 0 Å². The molecule has 0 aliphatic carbocycles. The van der Waals surface area contributed by atoms with Crippen LogP contribution in [0.4, 0.5) is 5.69 Å². The first-order valence-corrected chi connectivity index (χ1v) is 7.96. The SMILES string of the molecule is Cc1ccc(NC(=O)C(=O)NCCN2CCCCC2C)cc1. The number of rotatable bonds is 4. The summed E-state index contributed by atoms with van der Waals surface area (Å²) in [6.45, 7) is 6.56. The van der Waals surface area contributed by atoms with Crippen molar-refractivity contribution in [2.24, 2.45) is 0 Å². The molecule has 1 aromatic carbocycles. The van der Waals surface area contributed by atoms with Gasteiger partial charge in [0.2, 0.25) is 0 Å². The number of benzene rings is 1. The third kappa shape index (κ3) is 4.84. The van der Waals surface area contributed by atoms with Gasteiger partial charge in [0.15, 0.2) is 0 Å². The molecule has 5 heteroatoms. The molecule has 2 rings (SSSR count). The molecule has 1 fully saturated rings. The van der Waals surface area contributed by atoms with E-state index in [-0.39, 0.29) is 0 Å². The van der Waals surface area contributed by atoms with E-state index >= 15 is 0 Å². The van der Waals surface area contributed by atoms with E-state index in [0.717, 1.165) is 18.7 Å². The van der Waals surface area contributed by atoms with E-state index in [2.05, 4.69) is 22.5 Å². The van der Waals surface area contributed by atoms with Gasteiger partial charge in [-0.1, -0.05) is 24.1 Å². The summed E-state index contributed by atoms with van der Waals surface area (Å²) >= 11 is 0. The van der Waals surface area contributed by atoms with Crippen molar-refractivity contribution in [2.45, 2.75) is 39.2 Å². The van der Waals surface area contributed by atoms with Crippen molar-refractivity contribution in [3.05, 3.63) is 29.8 Å². The second-order valence-corrected chi connectivity index (χ2v) is 5.96. The molecule has 2 amide bonds. The molecule has 2 N–H and O–H groups in total. The van der Waals surface area contributed by atoms with Gasteiger partial charge in [0, 0.05) is 24.8 Å². The van der Waals surface area contributed by atoms with Gasteiger partial charge in [0.1, 0.15) is 0 Å². The van der Waals surface area contributed by atoms with Crippen LogP contribution in [0.5, 0.6) is 0 Å². The van der Waals surface area contributed by atoms with E-state index in [9.17, 15) is 9.59 Å². The number of aryl methyl sites for hydroxylation is 1. The molecule has 0 aromatic heterocycles. The molecular weight excluding hydrogens is 278 g/mol. The molecule has 120 valence electrons. The van der Waals surface area contributed by atoms with E-state index in [1.54, 1.807) is 12.1 Å². The zero-order valence-corrected chi connectivity index (χ0v) is 13.4. The van der Waals surface area contributed by atoms with Crippen molar-refractivity contribution >= 4 is 17.5 Å². The van der Waals surface area contributed by atoms with Gasteiger partial charge >= 0.3 is 11.8 Å². The summed E-state index contributed by atoms with van der Waals surface area (Å²) in [6, 6.07) is 7.93. The Bertz CT molecular complexity index is 513. The van der Waals surface area contributed by atoms with Gasteiger partial charge in [-0.05, 0) is 45.4 Å². The Hall–Kier alpha value is -1.88. The Kier molecular flexibility index (Phi) is 5.95. The lowest BCUT2D eigenvalue weighted by Crippen LogP contribution is -2.44. The zero-order chi connectivity index (χ0) is 15.9. The lowest BCUT2D eigenvalue weighted by molar-refractivity contribution is -0.136. The number of carbonyl (C=O) groups is 2. The van der Waals surface area contributed by atoms with Crippen LogP contribution in [0.25, 0.3) is 0 Å². The fourth-order valence-corrected chi connectivity index (χ4v) is 2.71. The highest BCUT2D eigenvalue weighted by Crippen LogP contribution is 2.15. The van der Waals surface area contributed by atoms with Gasteiger partial charge in [-0.3, -0.25) is 14.5 Å². The minimum atomic E-state index is -0.615. The maximum atomic E-state index is 11.8. The number of nitrogens with one attached hydrogen (secondary N) is 2. The van der Waals surface area contributed by atoms with E-state index in [1.807, 2.05) is 19.1 Å². The number of likely N-dealkylation sites (tertiary alicyclic amines) is 1. The molecule has 1 atom stereocenters. The second-order valence-electron chi connectivity index (χ2n) is 5.96. The minimum Gasteiger partial charge on any atom is -0.347 e. The second kappa shape index (κ2) is 7.94. The smallest absolute Gasteiger partial charge is 0.313 e. The fourth-order valence-electron chi connectivity index (χ4n) is 2.71. The van der Waals surface area contributed by atoms with Crippen molar-refractivity contribution < 1.29 is 9.59 Å². The Morgan fingerprint density at radius 3 is 2.59 bits per heavy atom. The summed E-state index contributed by atoms with van der Waals surface area (Å²) in [6.07, 6.45) is 3.71. The molecule has 0 radical (unpaired) electrons. The van der Waals surface area contributed by atoms with Crippen molar-refractivity contribution in [1.29, 1.82) is 0 Å². The average molecular weight is 303 g/mol. The molecule has 5 nitrogen and oxygen atoms in total. The largest absolute Gasteiger partial charge is 0.347 e. The van der Waals surface area contributed by atoms with Crippen LogP contribution in [0.2, 0.25) is 0 Å². The fraction of sp³-hybridized carbons (Fsp3) is 0.529. The summed E-state index contributed by atoms with van der Waals surface area (Å²) in [5.41, 5.74) is 1.74. The first-order valence-electron chi connectivity index (χ1n) is 7.96. The standard InChI is InChI=1S/C17H25N3O2/c1-13-6-8-15(9-7-13)19-17(22)16(21)18-10-12-20-11-4-3-5-14(20)2/h6-9,14H,3-5,10-12H2,1-2H3,(H,18,21)(H,19,22). The Balaban J connectivity index is 1.72. The number of piperidine rings is 1. The maximum Gasteiger partial charge on any atom is 0.313 e. The molecule has 1 aliphatic heterocycles. The molecule has 1 unspecified atom stereocenters. The van der Waals surface area contributed by atoms with E-state index < -0.39 is 11.8 Å². The molecule has 0 saturated carbocycles. The van der Waals surface area contributed by atoms with Crippen LogP contribution in [0.15, 0.2) is 24.3 Å². The number of anilines is 1. The van der Waals surface area contributed by atoms with Crippen LogP contribution >= 0.6 is 0 Å². The quantitative estimate of drug-likeness (QED) is 0.836. The third-order valence-corrected chi connectivity index (χ3v) is 4.14. The molecule has 0 bridgehead atoms. The van der Waals surface area contributed by atoms with Crippen LogP contribution < -0.4 is 10.6 Å². The molecule has 1 heterocycles. The summed E-state index contributed by atoms with van der Waals surface area (Å²) in [5.74, 6) is -1.19. The van der Waals surface area contributed by atoms with Gasteiger partial charge in [0.05, 0.1) is 0 Å². The normalized spacial score (nSPS) is 18.7. The Morgan fingerprint density at radius 1 is 1.18 bits per heavy atom. The predicted octanol–water partition coefficient (Wildman–Crippen LogP) is 1.92. The molecule has 22 heavy (non-hydrogen) atoms. The third-order valence-electron chi connectivity index (χ3n) is 4.14. The first kappa shape index (κ1) is 16.5. The number of hydrogen-bond donors (Lipinski definition) is 2. The monoisotopic (exact) mass is 303 g/mol. The average Bonchev–Trinajstić information content (AvgIpc) is 2.51. The van der Waals surface area contributed by atoms with E-state index in [0.29, 0.717) is 18.3 Å². The van der Waals surface area contributed by atoms with Gasteiger partial charge < -0.3 is 10.6 Å². The lowest BCUT2D eigenvalue weighted by atomic mass is 10.0. The Labute approximate surface area is 132 Å². The van der Waals surface area contributed by atoms with Gasteiger partial charge in [-0.25, -0.2) is 0 Å². The summed E-state index contributed by atoms with van der Waals surface area (Å²) in [5, 5.41) is 5.29. The molecule has 1 aromatic rings. The van der Waals surface area contributed by atoms with Crippen LogP contribution in [0.1, 0.15) is 31.7 Å². The molecule has 1 aliphatic rings.